The summed E-state index contributed by atoms with van der Waals surface area (Å²) < 4.78 is 5.57. The molecular formula is C18H26N2O2. The number of hydrogen-bond acceptors (Lipinski definition) is 3. The molecule has 120 valence electrons. The van der Waals surface area contributed by atoms with E-state index in [1.165, 1.54) is 5.56 Å². The molecule has 0 radical (unpaired) electrons. The predicted molar refractivity (Wildman–Crippen MR) is 87.9 cm³/mol. The van der Waals surface area contributed by atoms with Gasteiger partial charge in [-0.15, -0.1) is 0 Å². The van der Waals surface area contributed by atoms with Crippen LogP contribution >= 0.6 is 0 Å². The lowest BCUT2D eigenvalue weighted by Crippen LogP contribution is -2.42. The van der Waals surface area contributed by atoms with Crippen LogP contribution in [0.25, 0.3) is 0 Å². The zero-order valence-corrected chi connectivity index (χ0v) is 13.4. The molecule has 4 nitrogen and oxygen atoms in total. The predicted octanol–water partition coefficient (Wildman–Crippen LogP) is 2.72. The van der Waals surface area contributed by atoms with Crippen LogP contribution in [0.1, 0.15) is 38.2 Å². The fraction of sp³-hybridized carbons (Fsp3) is 0.611. The maximum Gasteiger partial charge on any atom is 0.227 e. The van der Waals surface area contributed by atoms with Gasteiger partial charge in [0, 0.05) is 37.8 Å². The van der Waals surface area contributed by atoms with Crippen molar-refractivity contribution in [3.8, 4) is 0 Å². The van der Waals surface area contributed by atoms with Gasteiger partial charge in [0.1, 0.15) is 0 Å². The van der Waals surface area contributed by atoms with Gasteiger partial charge in [0.05, 0.1) is 6.61 Å². The molecule has 2 saturated heterocycles. The molecule has 0 saturated carbocycles. The lowest BCUT2D eigenvalue weighted by molar-refractivity contribution is -0.117. The smallest absolute Gasteiger partial charge is 0.227 e. The van der Waals surface area contributed by atoms with E-state index in [0.717, 1.165) is 51.3 Å². The second-order valence-electron chi connectivity index (χ2n) is 6.34. The minimum atomic E-state index is 0.251. The van der Waals surface area contributed by atoms with E-state index in [4.69, 9.17) is 4.74 Å². The van der Waals surface area contributed by atoms with E-state index >= 15 is 0 Å². The lowest BCUT2D eigenvalue weighted by Gasteiger charge is -2.31. The van der Waals surface area contributed by atoms with Crippen molar-refractivity contribution in [2.75, 3.05) is 24.7 Å². The van der Waals surface area contributed by atoms with Crippen LogP contribution in [0.5, 0.6) is 0 Å². The Kier molecular flexibility index (Phi) is 5.11. The summed E-state index contributed by atoms with van der Waals surface area (Å²) >= 11 is 0. The van der Waals surface area contributed by atoms with Gasteiger partial charge in [-0.2, -0.15) is 0 Å². The Balaban J connectivity index is 1.61. The monoisotopic (exact) mass is 302 g/mol. The molecule has 3 rings (SSSR count). The lowest BCUT2D eigenvalue weighted by atomic mass is 9.93. The topological polar surface area (TPSA) is 41.6 Å². The molecule has 0 spiro atoms. The van der Waals surface area contributed by atoms with E-state index in [0.29, 0.717) is 18.4 Å². The maximum atomic E-state index is 11.9. The van der Waals surface area contributed by atoms with Crippen LogP contribution in [0.2, 0.25) is 0 Å². The van der Waals surface area contributed by atoms with E-state index in [2.05, 4.69) is 30.4 Å². The molecule has 0 aliphatic carbocycles. The number of benzene rings is 1. The van der Waals surface area contributed by atoms with Crippen molar-refractivity contribution in [3.63, 3.8) is 0 Å². The van der Waals surface area contributed by atoms with Crippen LogP contribution in [-0.2, 0) is 16.1 Å². The van der Waals surface area contributed by atoms with Crippen molar-refractivity contribution in [2.45, 2.75) is 45.2 Å². The number of anilines is 1. The third-order valence-corrected chi connectivity index (χ3v) is 4.86. The molecule has 2 unspecified atom stereocenters. The second kappa shape index (κ2) is 7.25. The zero-order chi connectivity index (χ0) is 15.4. The van der Waals surface area contributed by atoms with Crippen molar-refractivity contribution in [1.29, 1.82) is 0 Å². The van der Waals surface area contributed by atoms with E-state index < -0.39 is 0 Å². The van der Waals surface area contributed by atoms with Crippen LogP contribution in [-0.4, -0.2) is 31.7 Å². The van der Waals surface area contributed by atoms with Crippen LogP contribution in [0.4, 0.5) is 5.69 Å². The van der Waals surface area contributed by atoms with Gasteiger partial charge in [0.2, 0.25) is 5.91 Å². The summed E-state index contributed by atoms with van der Waals surface area (Å²) in [7, 11) is 0. The first-order valence-electron chi connectivity index (χ1n) is 8.48. The SMILES string of the molecule is CCC1COCCC1NCc1cccc(N2CCCC2=O)c1. The summed E-state index contributed by atoms with van der Waals surface area (Å²) in [6.45, 7) is 5.67. The highest BCUT2D eigenvalue weighted by molar-refractivity contribution is 5.95. The maximum absolute atomic E-state index is 11.9. The summed E-state index contributed by atoms with van der Waals surface area (Å²) in [5.41, 5.74) is 2.29. The average Bonchev–Trinajstić information content (AvgIpc) is 2.99. The number of nitrogens with one attached hydrogen (secondary N) is 1. The largest absolute Gasteiger partial charge is 0.381 e. The van der Waals surface area contributed by atoms with Crippen molar-refractivity contribution >= 4 is 11.6 Å². The molecule has 22 heavy (non-hydrogen) atoms. The van der Waals surface area contributed by atoms with Crippen molar-refractivity contribution in [2.24, 2.45) is 5.92 Å². The van der Waals surface area contributed by atoms with Crippen LogP contribution in [0.3, 0.4) is 0 Å². The van der Waals surface area contributed by atoms with Gasteiger partial charge in [-0.1, -0.05) is 19.1 Å². The number of rotatable bonds is 5. The molecular weight excluding hydrogens is 276 g/mol. The quantitative estimate of drug-likeness (QED) is 0.909. The third-order valence-electron chi connectivity index (χ3n) is 4.86. The Morgan fingerprint density at radius 2 is 2.32 bits per heavy atom. The fourth-order valence-electron chi connectivity index (χ4n) is 3.47. The second-order valence-corrected chi connectivity index (χ2v) is 6.34. The van der Waals surface area contributed by atoms with Crippen molar-refractivity contribution in [1.82, 2.24) is 5.32 Å². The van der Waals surface area contributed by atoms with Crippen LogP contribution in [0.15, 0.2) is 24.3 Å². The van der Waals surface area contributed by atoms with Gasteiger partial charge in [0.15, 0.2) is 0 Å². The van der Waals surface area contributed by atoms with E-state index in [-0.39, 0.29) is 5.91 Å². The minimum Gasteiger partial charge on any atom is -0.381 e. The Hall–Kier alpha value is -1.39. The molecule has 2 heterocycles. The Morgan fingerprint density at radius 3 is 3.09 bits per heavy atom. The van der Waals surface area contributed by atoms with Crippen LogP contribution < -0.4 is 10.2 Å². The molecule has 1 aromatic rings. The minimum absolute atomic E-state index is 0.251. The number of carbonyl (C=O) groups excluding carboxylic acids is 1. The Bertz CT molecular complexity index is 518. The van der Waals surface area contributed by atoms with E-state index in [1.54, 1.807) is 0 Å². The number of hydrogen-bond donors (Lipinski definition) is 1. The first-order chi connectivity index (χ1) is 10.8. The number of carbonyl (C=O) groups is 1. The molecule has 1 amide bonds. The van der Waals surface area contributed by atoms with E-state index in [1.807, 2.05) is 11.0 Å². The highest BCUT2D eigenvalue weighted by atomic mass is 16.5. The number of amides is 1. The molecule has 2 fully saturated rings. The molecule has 4 heteroatoms. The summed E-state index contributed by atoms with van der Waals surface area (Å²) in [6, 6.07) is 8.92. The molecule has 0 aromatic heterocycles. The van der Waals surface area contributed by atoms with Gasteiger partial charge < -0.3 is 15.0 Å². The molecule has 2 atom stereocenters. The fourth-order valence-corrected chi connectivity index (χ4v) is 3.47. The van der Waals surface area contributed by atoms with Crippen LogP contribution in [0, 0.1) is 5.92 Å². The van der Waals surface area contributed by atoms with Gasteiger partial charge in [-0.3, -0.25) is 4.79 Å². The van der Waals surface area contributed by atoms with Gasteiger partial charge in [0.25, 0.3) is 0 Å². The summed E-state index contributed by atoms with van der Waals surface area (Å²) in [5.74, 6) is 0.859. The van der Waals surface area contributed by atoms with Gasteiger partial charge in [-0.05, 0) is 42.9 Å². The molecule has 2 aliphatic rings. The number of nitrogens with zero attached hydrogens (tertiary/aromatic N) is 1. The average molecular weight is 302 g/mol. The Labute approximate surface area is 132 Å². The summed E-state index contributed by atoms with van der Waals surface area (Å²) in [6.07, 6.45) is 3.90. The molecule has 1 N–H and O–H groups in total. The summed E-state index contributed by atoms with van der Waals surface area (Å²) in [5, 5.41) is 3.68. The third kappa shape index (κ3) is 3.50. The first kappa shape index (κ1) is 15.5. The van der Waals surface area contributed by atoms with Crippen molar-refractivity contribution < 1.29 is 9.53 Å². The van der Waals surface area contributed by atoms with E-state index in [9.17, 15) is 4.79 Å². The highest BCUT2D eigenvalue weighted by Gasteiger charge is 2.24. The summed E-state index contributed by atoms with van der Waals surface area (Å²) in [4.78, 5) is 13.8. The molecule has 0 bridgehead atoms. The van der Waals surface area contributed by atoms with Gasteiger partial charge in [-0.25, -0.2) is 0 Å². The molecule has 1 aromatic carbocycles. The molecule has 2 aliphatic heterocycles. The van der Waals surface area contributed by atoms with Crippen molar-refractivity contribution in [3.05, 3.63) is 29.8 Å². The zero-order valence-electron chi connectivity index (χ0n) is 13.4. The van der Waals surface area contributed by atoms with Gasteiger partial charge >= 0.3 is 0 Å². The normalized spacial score (nSPS) is 25.7. The number of ether oxygens (including phenoxy) is 1. The standard InChI is InChI=1S/C18H26N2O2/c1-2-15-13-22-10-8-17(15)19-12-14-5-3-6-16(11-14)20-9-4-7-18(20)21/h3,5-6,11,15,17,19H,2,4,7-10,12-13H2,1H3. The highest BCUT2D eigenvalue weighted by Crippen LogP contribution is 2.23. The first-order valence-corrected chi connectivity index (χ1v) is 8.48. The Morgan fingerprint density at radius 1 is 1.41 bits per heavy atom.